The molecule has 0 aliphatic carbocycles. The highest BCUT2D eigenvalue weighted by Crippen LogP contribution is 2.13. The molecule has 0 atom stereocenters. The molecule has 21 heavy (non-hydrogen) atoms. The van der Waals surface area contributed by atoms with E-state index in [2.05, 4.69) is 5.32 Å². The summed E-state index contributed by atoms with van der Waals surface area (Å²) in [6.07, 6.45) is 1.53. The summed E-state index contributed by atoms with van der Waals surface area (Å²) in [7, 11) is 0. The van der Waals surface area contributed by atoms with Crippen LogP contribution in [0.15, 0.2) is 18.2 Å². The van der Waals surface area contributed by atoms with Crippen LogP contribution in [0.25, 0.3) is 0 Å². The topological polar surface area (TPSA) is 75.4 Å². The molecule has 0 heterocycles. The van der Waals surface area contributed by atoms with Crippen LogP contribution in [-0.2, 0) is 4.79 Å². The van der Waals surface area contributed by atoms with Gasteiger partial charge in [-0.3, -0.25) is 9.59 Å². The molecule has 0 fully saturated rings. The van der Waals surface area contributed by atoms with E-state index in [1.54, 1.807) is 0 Å². The number of nitrogens with two attached hydrogens (primary N) is 1. The van der Waals surface area contributed by atoms with Crippen LogP contribution in [0, 0.1) is 5.82 Å². The summed E-state index contributed by atoms with van der Waals surface area (Å²) in [5, 5.41) is 2.72. The Hall–Kier alpha value is -2.11. The predicted molar refractivity (Wildman–Crippen MR) is 80.3 cm³/mol. The van der Waals surface area contributed by atoms with E-state index < -0.39 is 11.7 Å². The number of hydrogen-bond donors (Lipinski definition) is 2. The Balaban J connectivity index is 2.83. The summed E-state index contributed by atoms with van der Waals surface area (Å²) < 4.78 is 13.3. The van der Waals surface area contributed by atoms with Crippen molar-refractivity contribution in [1.29, 1.82) is 0 Å². The quantitative estimate of drug-likeness (QED) is 0.753. The van der Waals surface area contributed by atoms with Gasteiger partial charge in [0.15, 0.2) is 0 Å². The zero-order chi connectivity index (χ0) is 15.8. The van der Waals surface area contributed by atoms with Crippen molar-refractivity contribution in [3.05, 3.63) is 29.6 Å². The molecule has 0 aliphatic rings. The van der Waals surface area contributed by atoms with E-state index in [4.69, 9.17) is 5.73 Å². The van der Waals surface area contributed by atoms with Gasteiger partial charge >= 0.3 is 0 Å². The number of nitrogen functional groups attached to an aromatic ring is 1. The van der Waals surface area contributed by atoms with Gasteiger partial charge in [0.25, 0.3) is 5.91 Å². The fraction of sp³-hybridized carbons (Fsp3) is 0.467. The van der Waals surface area contributed by atoms with Crippen LogP contribution in [0.1, 0.15) is 37.0 Å². The van der Waals surface area contributed by atoms with E-state index >= 15 is 0 Å². The van der Waals surface area contributed by atoms with Crippen molar-refractivity contribution in [1.82, 2.24) is 10.2 Å². The number of rotatable bonds is 7. The van der Waals surface area contributed by atoms with Gasteiger partial charge in [0.1, 0.15) is 5.82 Å². The first-order chi connectivity index (χ1) is 9.97. The minimum Gasteiger partial charge on any atom is -0.399 e. The van der Waals surface area contributed by atoms with Crippen molar-refractivity contribution in [3.63, 3.8) is 0 Å². The van der Waals surface area contributed by atoms with Gasteiger partial charge in [-0.1, -0.05) is 13.8 Å². The molecule has 0 saturated carbocycles. The van der Waals surface area contributed by atoms with Gasteiger partial charge in [0.05, 0.1) is 6.54 Å². The average Bonchev–Trinajstić information content (AvgIpc) is 2.42. The Morgan fingerprint density at radius 3 is 2.52 bits per heavy atom. The number of benzene rings is 1. The normalized spacial score (nSPS) is 10.2. The highest BCUT2D eigenvalue weighted by atomic mass is 19.1. The summed E-state index contributed by atoms with van der Waals surface area (Å²) in [5.41, 5.74) is 5.89. The van der Waals surface area contributed by atoms with Crippen molar-refractivity contribution in [2.75, 3.05) is 25.4 Å². The molecular weight excluding hydrogens is 273 g/mol. The van der Waals surface area contributed by atoms with Gasteiger partial charge in [-0.15, -0.1) is 0 Å². The molecule has 2 amide bonds. The van der Waals surface area contributed by atoms with Crippen LogP contribution < -0.4 is 11.1 Å². The third-order valence-corrected chi connectivity index (χ3v) is 2.85. The largest absolute Gasteiger partial charge is 0.399 e. The fourth-order valence-corrected chi connectivity index (χ4v) is 1.93. The lowest BCUT2D eigenvalue weighted by Gasteiger charge is -2.21. The molecule has 1 rings (SSSR count). The highest BCUT2D eigenvalue weighted by molar-refractivity contribution is 5.97. The third-order valence-electron chi connectivity index (χ3n) is 2.85. The molecule has 5 nitrogen and oxygen atoms in total. The van der Waals surface area contributed by atoms with Crippen LogP contribution in [0.2, 0.25) is 0 Å². The number of carbonyl (C=O) groups excluding carboxylic acids is 2. The van der Waals surface area contributed by atoms with Crippen molar-refractivity contribution < 1.29 is 14.0 Å². The Morgan fingerprint density at radius 2 is 1.95 bits per heavy atom. The number of nitrogens with zero attached hydrogens (tertiary/aromatic N) is 1. The zero-order valence-corrected chi connectivity index (χ0v) is 12.5. The van der Waals surface area contributed by atoms with E-state index in [9.17, 15) is 14.0 Å². The first kappa shape index (κ1) is 16.9. The maximum atomic E-state index is 13.3. The predicted octanol–water partition coefficient (Wildman–Crippen LogP) is 1.79. The number of hydrogen-bond acceptors (Lipinski definition) is 3. The number of amides is 2. The maximum Gasteiger partial charge on any atom is 0.254 e. The van der Waals surface area contributed by atoms with Gasteiger partial charge in [-0.2, -0.15) is 0 Å². The van der Waals surface area contributed by atoms with Gasteiger partial charge in [-0.05, 0) is 31.0 Å². The summed E-state index contributed by atoms with van der Waals surface area (Å²) in [6.45, 7) is 4.81. The van der Waals surface area contributed by atoms with E-state index in [1.807, 2.05) is 13.8 Å². The fourth-order valence-electron chi connectivity index (χ4n) is 1.93. The number of nitrogens with one attached hydrogen (secondary N) is 1. The second kappa shape index (κ2) is 8.24. The molecule has 0 spiro atoms. The maximum absolute atomic E-state index is 13.3. The molecule has 0 aromatic heterocycles. The molecule has 1 aromatic rings. The molecule has 6 heteroatoms. The van der Waals surface area contributed by atoms with Crippen LogP contribution in [0.4, 0.5) is 10.1 Å². The van der Waals surface area contributed by atoms with Crippen LogP contribution in [0.3, 0.4) is 0 Å². The Morgan fingerprint density at radius 1 is 1.24 bits per heavy atom. The van der Waals surface area contributed by atoms with Crippen molar-refractivity contribution >= 4 is 17.5 Å². The molecular formula is C15H22FN3O2. The van der Waals surface area contributed by atoms with Gasteiger partial charge in [0.2, 0.25) is 5.91 Å². The van der Waals surface area contributed by atoms with Crippen molar-refractivity contribution in [2.24, 2.45) is 0 Å². The van der Waals surface area contributed by atoms with Crippen LogP contribution >= 0.6 is 0 Å². The zero-order valence-electron chi connectivity index (χ0n) is 12.5. The van der Waals surface area contributed by atoms with E-state index in [-0.39, 0.29) is 23.7 Å². The first-order valence-corrected chi connectivity index (χ1v) is 7.10. The molecule has 1 aromatic carbocycles. The number of halogens is 1. The molecule has 116 valence electrons. The number of carbonyl (C=O) groups is 2. The van der Waals surface area contributed by atoms with E-state index in [0.717, 1.165) is 18.6 Å². The van der Waals surface area contributed by atoms with Gasteiger partial charge in [-0.25, -0.2) is 4.39 Å². The molecule has 0 radical (unpaired) electrons. The summed E-state index contributed by atoms with van der Waals surface area (Å²) in [6, 6.07) is 3.69. The molecule has 0 unspecified atom stereocenters. The Kier molecular flexibility index (Phi) is 6.65. The second-order valence-electron chi connectivity index (χ2n) is 4.85. The van der Waals surface area contributed by atoms with E-state index in [1.165, 1.54) is 11.0 Å². The van der Waals surface area contributed by atoms with Crippen LogP contribution in [-0.4, -0.2) is 36.3 Å². The average molecular weight is 295 g/mol. The van der Waals surface area contributed by atoms with Crippen LogP contribution in [0.5, 0.6) is 0 Å². The lowest BCUT2D eigenvalue weighted by atomic mass is 10.1. The van der Waals surface area contributed by atoms with Gasteiger partial charge in [0, 0.05) is 24.3 Å². The first-order valence-electron chi connectivity index (χ1n) is 7.10. The van der Waals surface area contributed by atoms with E-state index in [0.29, 0.717) is 19.5 Å². The number of anilines is 1. The van der Waals surface area contributed by atoms with Crippen molar-refractivity contribution in [2.45, 2.75) is 26.7 Å². The third kappa shape index (κ3) is 5.41. The second-order valence-corrected chi connectivity index (χ2v) is 4.85. The standard InChI is InChI=1S/C15H22FN3O2/c1-3-5-18-14(20)10-19(6-4-2)15(21)11-7-12(16)9-13(17)8-11/h7-9H,3-6,10,17H2,1-2H3,(H,18,20). The van der Waals surface area contributed by atoms with Gasteiger partial charge < -0.3 is 16.0 Å². The monoisotopic (exact) mass is 295 g/mol. The smallest absolute Gasteiger partial charge is 0.254 e. The molecule has 0 bridgehead atoms. The molecule has 3 N–H and O–H groups in total. The minimum atomic E-state index is -0.565. The summed E-state index contributed by atoms with van der Waals surface area (Å²) in [4.78, 5) is 25.5. The van der Waals surface area contributed by atoms with Crippen molar-refractivity contribution in [3.8, 4) is 0 Å². The highest BCUT2D eigenvalue weighted by Gasteiger charge is 2.19. The SMILES string of the molecule is CCCNC(=O)CN(CCC)C(=O)c1cc(N)cc(F)c1. The Bertz CT molecular complexity index is 485. The molecule has 0 aliphatic heterocycles. The Labute approximate surface area is 124 Å². The minimum absolute atomic E-state index is 0.0386. The molecule has 0 saturated heterocycles. The summed E-state index contributed by atoms with van der Waals surface area (Å²) >= 11 is 0. The lowest BCUT2D eigenvalue weighted by molar-refractivity contribution is -0.121. The summed E-state index contributed by atoms with van der Waals surface area (Å²) in [5.74, 6) is -1.18. The lowest BCUT2D eigenvalue weighted by Crippen LogP contribution is -2.41.